The van der Waals surface area contributed by atoms with Crippen molar-refractivity contribution in [3.8, 4) is 0 Å². The second-order valence-corrected chi connectivity index (χ2v) is 7.78. The Balaban J connectivity index is 2.16. The number of nitrogens with zero attached hydrogens (tertiary/aromatic N) is 2. The topological polar surface area (TPSA) is 60.9 Å². The van der Waals surface area contributed by atoms with Crippen LogP contribution in [0.5, 0.6) is 0 Å². The summed E-state index contributed by atoms with van der Waals surface area (Å²) in [5.41, 5.74) is 0. The molecular formula is C14H28N2O3S. The molecular weight excluding hydrogens is 276 g/mol. The highest BCUT2D eigenvalue weighted by atomic mass is 32.2. The maximum atomic E-state index is 12.9. The Morgan fingerprint density at radius 1 is 1.10 bits per heavy atom. The molecule has 1 heterocycles. The predicted molar refractivity (Wildman–Crippen MR) is 79.6 cm³/mol. The maximum absolute atomic E-state index is 12.9. The van der Waals surface area contributed by atoms with E-state index in [0.717, 1.165) is 44.9 Å². The normalized spacial score (nSPS) is 27.1. The lowest BCUT2D eigenvalue weighted by atomic mass is 9.95. The van der Waals surface area contributed by atoms with E-state index >= 15 is 0 Å². The molecule has 2 rings (SSSR count). The van der Waals surface area contributed by atoms with Gasteiger partial charge in [-0.3, -0.25) is 0 Å². The van der Waals surface area contributed by atoms with Gasteiger partial charge >= 0.3 is 0 Å². The lowest BCUT2D eigenvalue weighted by Crippen LogP contribution is -2.54. The molecule has 1 aliphatic carbocycles. The Bertz CT molecular complexity index is 393. The third-order valence-corrected chi connectivity index (χ3v) is 6.89. The van der Waals surface area contributed by atoms with E-state index in [-0.39, 0.29) is 18.7 Å². The molecule has 0 spiro atoms. The molecule has 1 saturated heterocycles. The smallest absolute Gasteiger partial charge is 0.282 e. The highest BCUT2D eigenvalue weighted by molar-refractivity contribution is 7.86. The first kappa shape index (κ1) is 16.2. The van der Waals surface area contributed by atoms with Crippen molar-refractivity contribution in [2.24, 2.45) is 0 Å². The summed E-state index contributed by atoms with van der Waals surface area (Å²) >= 11 is 0. The second-order valence-electron chi connectivity index (χ2n) is 5.95. The van der Waals surface area contributed by atoms with Crippen molar-refractivity contribution in [3.05, 3.63) is 0 Å². The largest absolute Gasteiger partial charge is 0.395 e. The van der Waals surface area contributed by atoms with E-state index in [1.165, 1.54) is 6.42 Å². The second kappa shape index (κ2) is 7.20. The summed E-state index contributed by atoms with van der Waals surface area (Å²) < 4.78 is 29.1. The van der Waals surface area contributed by atoms with Gasteiger partial charge in [0.15, 0.2) is 0 Å². The van der Waals surface area contributed by atoms with E-state index in [1.807, 2.05) is 6.92 Å². The number of hydrogen-bond donors (Lipinski definition) is 1. The molecule has 0 aromatic carbocycles. The minimum absolute atomic E-state index is 0.0680. The van der Waals surface area contributed by atoms with Crippen LogP contribution in [-0.4, -0.2) is 53.9 Å². The van der Waals surface area contributed by atoms with Crippen LogP contribution >= 0.6 is 0 Å². The molecule has 20 heavy (non-hydrogen) atoms. The van der Waals surface area contributed by atoms with Crippen molar-refractivity contribution in [3.63, 3.8) is 0 Å². The Labute approximate surface area is 123 Å². The van der Waals surface area contributed by atoms with Gasteiger partial charge in [0.05, 0.1) is 6.61 Å². The molecule has 2 aliphatic rings. The van der Waals surface area contributed by atoms with Crippen LogP contribution in [0.25, 0.3) is 0 Å². The van der Waals surface area contributed by atoms with E-state index in [4.69, 9.17) is 0 Å². The van der Waals surface area contributed by atoms with Crippen molar-refractivity contribution in [2.45, 2.75) is 70.4 Å². The quantitative estimate of drug-likeness (QED) is 0.841. The van der Waals surface area contributed by atoms with Gasteiger partial charge in [0, 0.05) is 25.2 Å². The molecule has 0 amide bonds. The average molecular weight is 304 g/mol. The van der Waals surface area contributed by atoms with Crippen LogP contribution in [0.1, 0.15) is 58.3 Å². The van der Waals surface area contributed by atoms with Gasteiger partial charge in [0.1, 0.15) is 0 Å². The number of piperidine rings is 1. The van der Waals surface area contributed by atoms with Crippen LogP contribution in [0.4, 0.5) is 0 Å². The van der Waals surface area contributed by atoms with Gasteiger partial charge in [-0.1, -0.05) is 32.6 Å². The van der Waals surface area contributed by atoms with Crippen LogP contribution in [0.15, 0.2) is 0 Å². The fourth-order valence-corrected chi connectivity index (χ4v) is 5.67. The van der Waals surface area contributed by atoms with E-state index < -0.39 is 10.2 Å². The van der Waals surface area contributed by atoms with Gasteiger partial charge in [-0.15, -0.1) is 0 Å². The van der Waals surface area contributed by atoms with E-state index in [1.54, 1.807) is 8.61 Å². The first-order valence-corrected chi connectivity index (χ1v) is 9.40. The average Bonchev–Trinajstić information content (AvgIpc) is 2.48. The molecule has 5 nitrogen and oxygen atoms in total. The van der Waals surface area contributed by atoms with Crippen LogP contribution in [0.2, 0.25) is 0 Å². The molecule has 1 N–H and O–H groups in total. The number of aliphatic hydroxyl groups excluding tert-OH is 1. The Morgan fingerprint density at radius 3 is 2.35 bits per heavy atom. The van der Waals surface area contributed by atoms with Crippen LogP contribution in [-0.2, 0) is 10.2 Å². The van der Waals surface area contributed by atoms with Crippen LogP contribution < -0.4 is 0 Å². The fraction of sp³-hybridized carbons (Fsp3) is 1.00. The van der Waals surface area contributed by atoms with Gasteiger partial charge in [0.2, 0.25) is 0 Å². The maximum Gasteiger partial charge on any atom is 0.282 e. The summed E-state index contributed by atoms with van der Waals surface area (Å²) in [4.78, 5) is 0. The first-order valence-electron chi connectivity index (χ1n) is 8.00. The molecule has 2 fully saturated rings. The summed E-state index contributed by atoms with van der Waals surface area (Å²) in [7, 11) is -3.43. The van der Waals surface area contributed by atoms with Gasteiger partial charge in [-0.25, -0.2) is 0 Å². The zero-order valence-electron chi connectivity index (χ0n) is 12.5. The van der Waals surface area contributed by atoms with Gasteiger partial charge in [-0.05, 0) is 25.7 Å². The van der Waals surface area contributed by atoms with Gasteiger partial charge in [0.25, 0.3) is 10.2 Å². The van der Waals surface area contributed by atoms with Gasteiger partial charge < -0.3 is 5.11 Å². The van der Waals surface area contributed by atoms with E-state index in [0.29, 0.717) is 13.1 Å². The predicted octanol–water partition coefficient (Wildman–Crippen LogP) is 1.73. The van der Waals surface area contributed by atoms with E-state index in [9.17, 15) is 13.5 Å². The van der Waals surface area contributed by atoms with Crippen molar-refractivity contribution >= 4 is 10.2 Å². The van der Waals surface area contributed by atoms with Crippen molar-refractivity contribution < 1.29 is 13.5 Å². The molecule has 0 radical (unpaired) electrons. The van der Waals surface area contributed by atoms with E-state index in [2.05, 4.69) is 0 Å². The molecule has 0 aromatic heterocycles. The lowest BCUT2D eigenvalue weighted by molar-refractivity contribution is 0.141. The summed E-state index contributed by atoms with van der Waals surface area (Å²) in [5, 5.41) is 9.46. The molecule has 118 valence electrons. The number of rotatable bonds is 5. The number of hydrogen-bond acceptors (Lipinski definition) is 3. The lowest BCUT2D eigenvalue weighted by Gasteiger charge is -2.40. The summed E-state index contributed by atoms with van der Waals surface area (Å²) in [5.74, 6) is 0. The molecule has 1 saturated carbocycles. The highest BCUT2D eigenvalue weighted by Crippen LogP contribution is 2.28. The zero-order chi connectivity index (χ0) is 14.6. The van der Waals surface area contributed by atoms with Crippen molar-refractivity contribution in [2.75, 3.05) is 19.7 Å². The molecule has 1 aliphatic heterocycles. The monoisotopic (exact) mass is 304 g/mol. The summed E-state index contributed by atoms with van der Waals surface area (Å²) in [6.45, 7) is 2.93. The first-order chi connectivity index (χ1) is 9.61. The van der Waals surface area contributed by atoms with Gasteiger partial charge in [-0.2, -0.15) is 17.0 Å². The Hall–Kier alpha value is -0.170. The summed E-state index contributed by atoms with van der Waals surface area (Å²) in [6, 6.07) is -0.0774. The molecule has 0 aromatic rings. The minimum atomic E-state index is -3.43. The Morgan fingerprint density at radius 2 is 1.75 bits per heavy atom. The highest BCUT2D eigenvalue weighted by Gasteiger charge is 2.38. The summed E-state index contributed by atoms with van der Waals surface area (Å²) in [6.07, 6.45) is 8.11. The zero-order valence-corrected chi connectivity index (χ0v) is 13.3. The number of aliphatic hydroxyl groups is 1. The van der Waals surface area contributed by atoms with Crippen LogP contribution in [0.3, 0.4) is 0 Å². The molecule has 1 atom stereocenters. The van der Waals surface area contributed by atoms with Crippen molar-refractivity contribution in [1.29, 1.82) is 0 Å². The molecule has 1 unspecified atom stereocenters. The SMILES string of the molecule is CCN(C1CCCCC1)S(=O)(=O)N1CCCCC1CO. The van der Waals surface area contributed by atoms with Crippen molar-refractivity contribution in [1.82, 2.24) is 8.61 Å². The minimum Gasteiger partial charge on any atom is -0.395 e. The molecule has 0 bridgehead atoms. The Kier molecular flexibility index (Phi) is 5.84. The third kappa shape index (κ3) is 3.35. The molecule has 6 heteroatoms. The fourth-order valence-electron chi connectivity index (χ4n) is 3.57. The van der Waals surface area contributed by atoms with Crippen LogP contribution in [0, 0.1) is 0 Å². The standard InChI is InChI=1S/C14H28N2O3S/c1-2-15(13-8-4-3-5-9-13)20(18,19)16-11-7-6-10-14(16)12-17/h13-14,17H,2-12H2,1H3. The third-order valence-electron chi connectivity index (χ3n) is 4.67.